The van der Waals surface area contributed by atoms with Crippen LogP contribution >= 0.6 is 0 Å². The fourth-order valence-corrected chi connectivity index (χ4v) is 5.02. The Morgan fingerprint density at radius 1 is 1.14 bits per heavy atom. The summed E-state index contributed by atoms with van der Waals surface area (Å²) in [6.45, 7) is 9.55. The number of aryl methyl sites for hydroxylation is 1. The largest absolute Gasteiger partial charge is 0.494 e. The van der Waals surface area contributed by atoms with E-state index in [9.17, 15) is 8.42 Å². The van der Waals surface area contributed by atoms with Crippen molar-refractivity contribution in [2.24, 2.45) is 7.05 Å². The first-order chi connectivity index (χ1) is 13.7. The molecule has 1 atom stereocenters. The van der Waals surface area contributed by atoms with Crippen LogP contribution in [0.15, 0.2) is 33.6 Å². The second kappa shape index (κ2) is 8.00. The molecule has 8 nitrogen and oxygen atoms in total. The van der Waals surface area contributed by atoms with E-state index >= 15 is 0 Å². The summed E-state index contributed by atoms with van der Waals surface area (Å²) in [5.41, 5.74) is 2.59. The average Bonchev–Trinajstić information content (AvgIpc) is 3.19. The van der Waals surface area contributed by atoms with Crippen molar-refractivity contribution in [2.45, 2.75) is 45.6 Å². The standard InChI is InChI=1S/C20H26N4O4S/c1-7-27-17-10-8-16(9-11-17)12(2)23-29(25,26)19-14(4)24(6)13(3)18(19)20-22-21-15(5)28-20/h8-12,23H,7H2,1-6H3/t12-/m1/s1. The summed E-state index contributed by atoms with van der Waals surface area (Å²) in [4.78, 5) is 0.152. The number of hydrogen-bond donors (Lipinski definition) is 1. The number of aromatic nitrogens is 3. The van der Waals surface area contributed by atoms with E-state index in [0.29, 0.717) is 23.8 Å². The Labute approximate surface area is 171 Å². The van der Waals surface area contributed by atoms with Crippen LogP contribution in [0.4, 0.5) is 0 Å². The highest BCUT2D eigenvalue weighted by Crippen LogP contribution is 2.35. The minimum Gasteiger partial charge on any atom is -0.494 e. The maximum absolute atomic E-state index is 13.3. The molecule has 0 aliphatic carbocycles. The normalized spacial score (nSPS) is 12.9. The van der Waals surface area contributed by atoms with Crippen LogP contribution in [0.3, 0.4) is 0 Å². The van der Waals surface area contributed by atoms with Gasteiger partial charge in [0.1, 0.15) is 10.6 Å². The molecule has 29 heavy (non-hydrogen) atoms. The van der Waals surface area contributed by atoms with Gasteiger partial charge in [0.25, 0.3) is 5.89 Å². The number of sulfonamides is 1. The Morgan fingerprint density at radius 2 is 1.79 bits per heavy atom. The number of rotatable bonds is 7. The predicted octanol–water partition coefficient (Wildman–Crippen LogP) is 3.44. The first kappa shape index (κ1) is 21.1. The summed E-state index contributed by atoms with van der Waals surface area (Å²) < 4.78 is 42.2. The third kappa shape index (κ3) is 4.06. The lowest BCUT2D eigenvalue weighted by Gasteiger charge is -2.16. The Hall–Kier alpha value is -2.65. The fraction of sp³-hybridized carbons (Fsp3) is 0.400. The van der Waals surface area contributed by atoms with Crippen LogP contribution < -0.4 is 9.46 Å². The summed E-state index contributed by atoms with van der Waals surface area (Å²) in [6, 6.07) is 6.92. The van der Waals surface area contributed by atoms with Crippen molar-refractivity contribution in [1.29, 1.82) is 0 Å². The zero-order valence-electron chi connectivity index (χ0n) is 17.5. The van der Waals surface area contributed by atoms with Crippen LogP contribution in [0.5, 0.6) is 5.75 Å². The number of ether oxygens (including phenoxy) is 1. The second-order valence-corrected chi connectivity index (χ2v) is 8.56. The molecule has 2 aromatic heterocycles. The van der Waals surface area contributed by atoms with Crippen molar-refractivity contribution in [3.8, 4) is 17.2 Å². The maximum Gasteiger partial charge on any atom is 0.250 e. The minimum absolute atomic E-state index is 0.152. The minimum atomic E-state index is -3.86. The topological polar surface area (TPSA) is 99.2 Å². The molecule has 156 valence electrons. The molecule has 0 unspecified atom stereocenters. The molecule has 0 aliphatic heterocycles. The zero-order valence-corrected chi connectivity index (χ0v) is 18.3. The summed E-state index contributed by atoms with van der Waals surface area (Å²) in [5, 5.41) is 7.88. The van der Waals surface area contributed by atoms with Gasteiger partial charge in [-0.2, -0.15) is 0 Å². The summed E-state index contributed by atoms with van der Waals surface area (Å²) in [7, 11) is -2.05. The van der Waals surface area contributed by atoms with Crippen LogP contribution in [0.2, 0.25) is 0 Å². The average molecular weight is 419 g/mol. The van der Waals surface area contributed by atoms with Crippen molar-refractivity contribution in [3.05, 3.63) is 47.1 Å². The van der Waals surface area contributed by atoms with E-state index < -0.39 is 16.1 Å². The van der Waals surface area contributed by atoms with Gasteiger partial charge in [-0.3, -0.25) is 0 Å². The molecule has 0 bridgehead atoms. The van der Waals surface area contributed by atoms with Gasteiger partial charge in [-0.25, -0.2) is 13.1 Å². The van der Waals surface area contributed by atoms with Gasteiger partial charge < -0.3 is 13.7 Å². The van der Waals surface area contributed by atoms with E-state index in [-0.39, 0.29) is 10.8 Å². The van der Waals surface area contributed by atoms with Gasteiger partial charge in [-0.05, 0) is 45.4 Å². The van der Waals surface area contributed by atoms with Crippen molar-refractivity contribution in [2.75, 3.05) is 6.61 Å². The van der Waals surface area contributed by atoms with Gasteiger partial charge in [0.15, 0.2) is 0 Å². The van der Waals surface area contributed by atoms with Crippen molar-refractivity contribution in [1.82, 2.24) is 19.5 Å². The smallest absolute Gasteiger partial charge is 0.250 e. The number of benzene rings is 1. The highest BCUT2D eigenvalue weighted by Gasteiger charge is 2.31. The molecule has 0 saturated heterocycles. The fourth-order valence-electron chi connectivity index (χ4n) is 3.27. The van der Waals surface area contributed by atoms with Gasteiger partial charge in [-0.15, -0.1) is 10.2 Å². The lowest BCUT2D eigenvalue weighted by molar-refractivity contribution is 0.340. The first-order valence-corrected chi connectivity index (χ1v) is 10.9. The molecular formula is C20H26N4O4S. The Kier molecular flexibility index (Phi) is 5.81. The van der Waals surface area contributed by atoms with E-state index in [1.54, 1.807) is 20.8 Å². The Bertz CT molecular complexity index is 1110. The first-order valence-electron chi connectivity index (χ1n) is 9.37. The molecule has 0 aliphatic rings. The number of nitrogens with one attached hydrogen (secondary N) is 1. The van der Waals surface area contributed by atoms with Gasteiger partial charge >= 0.3 is 0 Å². The lowest BCUT2D eigenvalue weighted by atomic mass is 10.1. The molecule has 0 spiro atoms. The van der Waals surface area contributed by atoms with E-state index in [1.165, 1.54) is 0 Å². The van der Waals surface area contributed by atoms with Crippen molar-refractivity contribution < 1.29 is 17.6 Å². The lowest BCUT2D eigenvalue weighted by Crippen LogP contribution is -2.27. The van der Waals surface area contributed by atoms with E-state index in [4.69, 9.17) is 9.15 Å². The molecule has 0 amide bonds. The van der Waals surface area contributed by atoms with Crippen molar-refractivity contribution in [3.63, 3.8) is 0 Å². The number of hydrogen-bond acceptors (Lipinski definition) is 6. The quantitative estimate of drug-likeness (QED) is 0.631. The Morgan fingerprint density at radius 3 is 2.34 bits per heavy atom. The summed E-state index contributed by atoms with van der Waals surface area (Å²) in [5.74, 6) is 1.31. The zero-order chi connectivity index (χ0) is 21.3. The molecule has 1 aromatic carbocycles. The van der Waals surface area contributed by atoms with Gasteiger partial charge in [0.05, 0.1) is 12.2 Å². The highest BCUT2D eigenvalue weighted by atomic mass is 32.2. The molecular weight excluding hydrogens is 392 g/mol. The molecule has 3 rings (SSSR count). The molecule has 0 saturated carbocycles. The van der Waals surface area contributed by atoms with Crippen LogP contribution in [0.25, 0.3) is 11.5 Å². The van der Waals surface area contributed by atoms with Gasteiger partial charge in [0.2, 0.25) is 15.9 Å². The molecule has 0 fully saturated rings. The van der Waals surface area contributed by atoms with Gasteiger partial charge in [-0.1, -0.05) is 12.1 Å². The van der Waals surface area contributed by atoms with E-state index in [0.717, 1.165) is 17.0 Å². The molecule has 3 aromatic rings. The predicted molar refractivity (Wildman–Crippen MR) is 109 cm³/mol. The maximum atomic E-state index is 13.3. The summed E-state index contributed by atoms with van der Waals surface area (Å²) in [6.07, 6.45) is 0. The molecule has 1 N–H and O–H groups in total. The number of nitrogens with zero attached hydrogens (tertiary/aromatic N) is 3. The van der Waals surface area contributed by atoms with E-state index in [2.05, 4.69) is 14.9 Å². The molecule has 9 heteroatoms. The third-order valence-corrected chi connectivity index (χ3v) is 6.66. The summed E-state index contributed by atoms with van der Waals surface area (Å²) >= 11 is 0. The van der Waals surface area contributed by atoms with E-state index in [1.807, 2.05) is 49.7 Å². The Balaban J connectivity index is 1.98. The molecule has 0 radical (unpaired) electrons. The molecule has 2 heterocycles. The second-order valence-electron chi connectivity index (χ2n) is 6.91. The van der Waals surface area contributed by atoms with Crippen LogP contribution in [-0.2, 0) is 17.1 Å². The van der Waals surface area contributed by atoms with Crippen LogP contribution in [0.1, 0.15) is 42.7 Å². The monoisotopic (exact) mass is 418 g/mol. The highest BCUT2D eigenvalue weighted by molar-refractivity contribution is 7.89. The SMILES string of the molecule is CCOc1ccc([C@@H](C)NS(=O)(=O)c2c(-c3nnc(C)o3)c(C)n(C)c2C)cc1. The van der Waals surface area contributed by atoms with Gasteiger partial charge in [0, 0.05) is 31.4 Å². The van der Waals surface area contributed by atoms with Crippen molar-refractivity contribution >= 4 is 10.0 Å². The third-order valence-electron chi connectivity index (χ3n) is 4.96. The van der Waals surface area contributed by atoms with Crippen LogP contribution in [0, 0.1) is 20.8 Å². The van der Waals surface area contributed by atoms with Crippen LogP contribution in [-0.4, -0.2) is 29.8 Å².